The van der Waals surface area contributed by atoms with Gasteiger partial charge in [0.25, 0.3) is 0 Å². The zero-order valence-electron chi connectivity index (χ0n) is 5.79. The summed E-state index contributed by atoms with van der Waals surface area (Å²) in [6.07, 6.45) is 0.638. The highest BCUT2D eigenvalue weighted by Crippen LogP contribution is 2.04. The van der Waals surface area contributed by atoms with Gasteiger partial charge in [-0.25, -0.2) is 8.42 Å². The standard InChI is InChI=1S/C6H12O2S/c1-4-6(3)9(7,8)5-2/h2,6H,4-5H2,1,3H3. The fourth-order valence-corrected chi connectivity index (χ4v) is 1.25. The van der Waals surface area contributed by atoms with Crippen LogP contribution in [-0.2, 0) is 9.84 Å². The fraction of sp³-hybridized carbons (Fsp3) is 0.833. The first kappa shape index (κ1) is 8.95. The highest BCUT2D eigenvalue weighted by atomic mass is 32.2. The number of rotatable bonds is 3. The predicted octanol–water partition coefficient (Wildman–Crippen LogP) is 0.911. The first-order chi connectivity index (χ1) is 4.04. The topological polar surface area (TPSA) is 34.1 Å². The molecule has 0 aromatic carbocycles. The summed E-state index contributed by atoms with van der Waals surface area (Å²) in [5, 5.41) is -0.289. The van der Waals surface area contributed by atoms with Gasteiger partial charge < -0.3 is 0 Å². The van der Waals surface area contributed by atoms with E-state index in [0.717, 1.165) is 0 Å². The molecule has 54 valence electrons. The molecule has 0 saturated carbocycles. The maximum absolute atomic E-state index is 10.8. The van der Waals surface area contributed by atoms with Gasteiger partial charge in [0, 0.05) is 0 Å². The average Bonchev–Trinajstić information content (AvgIpc) is 1.86. The van der Waals surface area contributed by atoms with Crippen LogP contribution in [0.4, 0.5) is 0 Å². The molecule has 1 unspecified atom stereocenters. The first-order valence-corrected chi connectivity index (χ1v) is 4.67. The van der Waals surface area contributed by atoms with Crippen molar-refractivity contribution in [3.63, 3.8) is 0 Å². The Morgan fingerprint density at radius 2 is 2.00 bits per heavy atom. The fourth-order valence-electron chi connectivity index (χ4n) is 0.418. The van der Waals surface area contributed by atoms with E-state index in [9.17, 15) is 8.42 Å². The van der Waals surface area contributed by atoms with E-state index in [0.29, 0.717) is 6.42 Å². The average molecular weight is 148 g/mol. The van der Waals surface area contributed by atoms with Crippen LogP contribution in [0.3, 0.4) is 0 Å². The van der Waals surface area contributed by atoms with Crippen molar-refractivity contribution in [2.24, 2.45) is 0 Å². The van der Waals surface area contributed by atoms with Gasteiger partial charge >= 0.3 is 0 Å². The van der Waals surface area contributed by atoms with Crippen LogP contribution >= 0.6 is 0 Å². The molecule has 3 heteroatoms. The van der Waals surface area contributed by atoms with Crippen LogP contribution < -0.4 is 0 Å². The lowest BCUT2D eigenvalue weighted by molar-refractivity contribution is 0.584. The van der Waals surface area contributed by atoms with Crippen molar-refractivity contribution >= 4 is 9.84 Å². The molecule has 0 N–H and O–H groups in total. The SMILES string of the molecule is [CH]CS(=O)(=O)C(C)CC. The lowest BCUT2D eigenvalue weighted by Crippen LogP contribution is -2.18. The number of hydrogen-bond acceptors (Lipinski definition) is 2. The number of hydrogen-bond donors (Lipinski definition) is 0. The van der Waals surface area contributed by atoms with Crippen LogP contribution in [0.1, 0.15) is 20.3 Å². The zero-order chi connectivity index (χ0) is 7.49. The molecule has 0 amide bonds. The molecule has 0 heterocycles. The Balaban J connectivity index is 4.17. The lowest BCUT2D eigenvalue weighted by Gasteiger charge is -2.06. The van der Waals surface area contributed by atoms with E-state index < -0.39 is 9.84 Å². The van der Waals surface area contributed by atoms with E-state index in [1.165, 1.54) is 0 Å². The Morgan fingerprint density at radius 3 is 2.11 bits per heavy atom. The molecule has 0 spiro atoms. The van der Waals surface area contributed by atoms with E-state index in [1.54, 1.807) is 6.92 Å². The highest BCUT2D eigenvalue weighted by molar-refractivity contribution is 7.92. The van der Waals surface area contributed by atoms with Crippen molar-refractivity contribution in [2.45, 2.75) is 25.5 Å². The van der Waals surface area contributed by atoms with Gasteiger partial charge in [0.2, 0.25) is 0 Å². The van der Waals surface area contributed by atoms with Crippen LogP contribution in [0, 0.1) is 6.92 Å². The maximum atomic E-state index is 10.8. The second-order valence-corrected chi connectivity index (χ2v) is 4.51. The summed E-state index contributed by atoms with van der Waals surface area (Å²) in [4.78, 5) is 0. The molecule has 0 aliphatic heterocycles. The summed E-state index contributed by atoms with van der Waals surface area (Å²) in [6, 6.07) is 0. The molecule has 2 radical (unpaired) electrons. The smallest absolute Gasteiger partial charge is 0.153 e. The third-order valence-electron chi connectivity index (χ3n) is 1.42. The van der Waals surface area contributed by atoms with Gasteiger partial charge in [0.1, 0.15) is 0 Å². The normalized spacial score (nSPS) is 15.4. The largest absolute Gasteiger partial charge is 0.229 e. The van der Waals surface area contributed by atoms with Crippen molar-refractivity contribution in [3.8, 4) is 0 Å². The molecule has 0 aliphatic carbocycles. The van der Waals surface area contributed by atoms with Crippen LogP contribution in [0.5, 0.6) is 0 Å². The number of sulfone groups is 1. The minimum absolute atomic E-state index is 0.234. The van der Waals surface area contributed by atoms with Crippen LogP contribution in [0.2, 0.25) is 0 Å². The maximum Gasteiger partial charge on any atom is 0.153 e. The highest BCUT2D eigenvalue weighted by Gasteiger charge is 2.15. The summed E-state index contributed by atoms with van der Waals surface area (Å²) in [6.45, 7) is 8.49. The molecular weight excluding hydrogens is 136 g/mol. The van der Waals surface area contributed by atoms with Gasteiger partial charge in [-0.3, -0.25) is 0 Å². The van der Waals surface area contributed by atoms with Crippen LogP contribution in [-0.4, -0.2) is 19.4 Å². The summed E-state index contributed by atoms with van der Waals surface area (Å²) in [5.74, 6) is -0.234. The molecule has 0 aliphatic rings. The summed E-state index contributed by atoms with van der Waals surface area (Å²) < 4.78 is 21.6. The Bertz CT molecular complexity index is 158. The van der Waals surface area contributed by atoms with Gasteiger partial charge in [-0.1, -0.05) is 6.92 Å². The van der Waals surface area contributed by atoms with Crippen molar-refractivity contribution in [1.29, 1.82) is 0 Å². The second-order valence-electron chi connectivity index (χ2n) is 2.05. The van der Waals surface area contributed by atoms with Crippen molar-refractivity contribution in [2.75, 3.05) is 5.75 Å². The second kappa shape index (κ2) is 3.20. The predicted molar refractivity (Wildman–Crippen MR) is 37.8 cm³/mol. The molecule has 0 aromatic heterocycles. The summed E-state index contributed by atoms with van der Waals surface area (Å²) >= 11 is 0. The van der Waals surface area contributed by atoms with Crippen molar-refractivity contribution in [1.82, 2.24) is 0 Å². The molecular formula is C6H12O2S. The summed E-state index contributed by atoms with van der Waals surface area (Å²) in [5.41, 5.74) is 0. The quantitative estimate of drug-likeness (QED) is 0.596. The van der Waals surface area contributed by atoms with E-state index in [2.05, 4.69) is 0 Å². The third-order valence-corrected chi connectivity index (χ3v) is 3.44. The first-order valence-electron chi connectivity index (χ1n) is 2.96. The Kier molecular flexibility index (Phi) is 3.18. The lowest BCUT2D eigenvalue weighted by atomic mass is 10.4. The molecule has 9 heavy (non-hydrogen) atoms. The monoisotopic (exact) mass is 148 g/mol. The molecule has 0 rings (SSSR count). The molecule has 0 bridgehead atoms. The Labute approximate surface area is 57.2 Å². The minimum atomic E-state index is -2.97. The van der Waals surface area contributed by atoms with E-state index in [-0.39, 0.29) is 11.0 Å². The third kappa shape index (κ3) is 2.35. The van der Waals surface area contributed by atoms with Gasteiger partial charge in [0.15, 0.2) is 9.84 Å². The van der Waals surface area contributed by atoms with Gasteiger partial charge in [-0.2, -0.15) is 0 Å². The Morgan fingerprint density at radius 1 is 1.56 bits per heavy atom. The van der Waals surface area contributed by atoms with E-state index >= 15 is 0 Å². The molecule has 0 fully saturated rings. The van der Waals surface area contributed by atoms with Crippen LogP contribution in [0.15, 0.2) is 0 Å². The van der Waals surface area contributed by atoms with Gasteiger partial charge in [-0.05, 0) is 20.3 Å². The summed E-state index contributed by atoms with van der Waals surface area (Å²) in [7, 11) is -2.97. The molecule has 2 nitrogen and oxygen atoms in total. The van der Waals surface area contributed by atoms with E-state index in [1.807, 2.05) is 6.92 Å². The van der Waals surface area contributed by atoms with Crippen molar-refractivity contribution in [3.05, 3.63) is 6.92 Å². The molecule has 1 atom stereocenters. The van der Waals surface area contributed by atoms with Gasteiger partial charge in [-0.15, -0.1) is 0 Å². The minimum Gasteiger partial charge on any atom is -0.229 e. The zero-order valence-corrected chi connectivity index (χ0v) is 6.61. The van der Waals surface area contributed by atoms with Crippen molar-refractivity contribution < 1.29 is 8.42 Å². The van der Waals surface area contributed by atoms with Crippen LogP contribution in [0.25, 0.3) is 0 Å². The van der Waals surface area contributed by atoms with E-state index in [4.69, 9.17) is 6.92 Å². The molecule has 0 saturated heterocycles. The Hall–Kier alpha value is -0.0500. The van der Waals surface area contributed by atoms with Gasteiger partial charge in [0.05, 0.1) is 11.0 Å². The molecule has 0 aromatic rings.